The van der Waals surface area contributed by atoms with Crippen molar-refractivity contribution in [3.63, 3.8) is 0 Å². The van der Waals surface area contributed by atoms with Crippen LogP contribution in [0.4, 0.5) is 0 Å². The zero-order valence-electron chi connectivity index (χ0n) is 17.8. The van der Waals surface area contributed by atoms with Crippen molar-refractivity contribution in [3.8, 4) is 0 Å². The van der Waals surface area contributed by atoms with E-state index in [-0.39, 0.29) is 6.23 Å². The van der Waals surface area contributed by atoms with E-state index in [0.717, 1.165) is 19.1 Å². The fraction of sp³-hybridized carbons (Fsp3) is 1.00. The first-order chi connectivity index (χ1) is 13.8. The molecule has 4 fully saturated rings. The van der Waals surface area contributed by atoms with E-state index in [1.165, 1.54) is 77.4 Å². The maximum Gasteiger partial charge on any atom is 0.183 e. The minimum Gasteiger partial charge on any atom is -0.383 e. The van der Waals surface area contributed by atoms with Crippen molar-refractivity contribution in [2.75, 3.05) is 39.9 Å². The summed E-state index contributed by atoms with van der Waals surface area (Å²) in [4.78, 5) is 7.92. The zero-order chi connectivity index (χ0) is 19.2. The second kappa shape index (κ2) is 10.7. The van der Waals surface area contributed by atoms with E-state index in [1.54, 1.807) is 12.0 Å². The Morgan fingerprint density at radius 1 is 1.14 bits per heavy atom. The summed E-state index contributed by atoms with van der Waals surface area (Å²) >= 11 is 0. The average molecular weight is 398 g/mol. The van der Waals surface area contributed by atoms with Gasteiger partial charge in [-0.05, 0) is 12.8 Å². The van der Waals surface area contributed by atoms with Gasteiger partial charge in [0.1, 0.15) is 12.2 Å². The van der Waals surface area contributed by atoms with Crippen molar-refractivity contribution < 1.29 is 19.8 Å². The van der Waals surface area contributed by atoms with Gasteiger partial charge in [-0.1, -0.05) is 19.3 Å². The molecule has 3 heterocycles. The highest BCUT2D eigenvalue weighted by molar-refractivity contribution is 4.84. The third kappa shape index (κ3) is 5.45. The van der Waals surface area contributed by atoms with Crippen LogP contribution in [-0.4, -0.2) is 64.5 Å². The fourth-order valence-corrected chi connectivity index (χ4v) is 6.01. The molecule has 4 aliphatic rings. The molecule has 28 heavy (non-hydrogen) atoms. The van der Waals surface area contributed by atoms with Crippen LogP contribution in [0.25, 0.3) is 0 Å². The number of methoxy groups -OCH3 is 1. The second-order valence-corrected chi connectivity index (χ2v) is 9.53. The van der Waals surface area contributed by atoms with Crippen LogP contribution in [0.5, 0.6) is 0 Å². The van der Waals surface area contributed by atoms with Crippen LogP contribution in [0.3, 0.4) is 0 Å². The SMILES string of the molecule is COCCNC1CC(C2NOC(C3CCC[NH+]3CC3CCCCC3)N2)CC[NH2+]1. The Hall–Kier alpha value is -0.280. The van der Waals surface area contributed by atoms with Crippen LogP contribution < -0.4 is 26.3 Å². The van der Waals surface area contributed by atoms with E-state index in [9.17, 15) is 0 Å². The topological polar surface area (TPSA) is 75.6 Å². The quantitative estimate of drug-likeness (QED) is 0.337. The van der Waals surface area contributed by atoms with E-state index >= 15 is 0 Å². The summed E-state index contributed by atoms with van der Waals surface area (Å²) in [5.74, 6) is 1.57. The summed E-state index contributed by atoms with van der Waals surface area (Å²) in [6, 6.07) is 0.616. The lowest BCUT2D eigenvalue weighted by atomic mass is 9.89. The fourth-order valence-electron chi connectivity index (χ4n) is 6.01. The number of hydroxylamine groups is 1. The number of hydrogen-bond acceptors (Lipinski definition) is 5. The lowest BCUT2D eigenvalue weighted by molar-refractivity contribution is -0.919. The lowest BCUT2D eigenvalue weighted by Crippen LogP contribution is -3.15. The van der Waals surface area contributed by atoms with E-state index in [2.05, 4.69) is 21.4 Å². The Balaban J connectivity index is 1.24. The van der Waals surface area contributed by atoms with Crippen molar-refractivity contribution >= 4 is 0 Å². The number of likely N-dealkylation sites (tertiary alicyclic amines) is 1. The van der Waals surface area contributed by atoms with E-state index in [1.807, 2.05) is 0 Å². The Labute approximate surface area is 170 Å². The molecule has 7 heteroatoms. The van der Waals surface area contributed by atoms with Gasteiger partial charge in [0.15, 0.2) is 6.23 Å². The van der Waals surface area contributed by atoms with Crippen LogP contribution in [0.15, 0.2) is 0 Å². The van der Waals surface area contributed by atoms with Crippen LogP contribution in [0, 0.1) is 11.8 Å². The zero-order valence-corrected chi connectivity index (χ0v) is 17.8. The van der Waals surface area contributed by atoms with Crippen molar-refractivity contribution in [2.24, 2.45) is 11.8 Å². The normalized spacial score (nSPS) is 40.2. The Morgan fingerprint density at radius 2 is 2.04 bits per heavy atom. The summed E-state index contributed by atoms with van der Waals surface area (Å²) in [6.07, 6.45) is 13.3. The maximum absolute atomic E-state index is 6.12. The molecule has 7 nitrogen and oxygen atoms in total. The molecule has 6 unspecified atom stereocenters. The second-order valence-electron chi connectivity index (χ2n) is 9.53. The molecule has 6 atom stereocenters. The minimum atomic E-state index is 0.178. The predicted octanol–water partition coefficient (Wildman–Crippen LogP) is -1.07. The number of hydrogen-bond donors (Lipinski definition) is 5. The molecule has 6 N–H and O–H groups in total. The molecule has 0 radical (unpaired) electrons. The van der Waals surface area contributed by atoms with E-state index in [4.69, 9.17) is 9.57 Å². The highest BCUT2D eigenvalue weighted by atomic mass is 16.7. The average Bonchev–Trinajstić information content (AvgIpc) is 3.39. The molecule has 3 saturated heterocycles. The van der Waals surface area contributed by atoms with Crippen LogP contribution in [-0.2, 0) is 9.57 Å². The highest BCUT2D eigenvalue weighted by Gasteiger charge is 2.44. The van der Waals surface area contributed by atoms with E-state index in [0.29, 0.717) is 24.3 Å². The van der Waals surface area contributed by atoms with Crippen molar-refractivity contribution in [3.05, 3.63) is 0 Å². The van der Waals surface area contributed by atoms with Crippen molar-refractivity contribution in [1.29, 1.82) is 0 Å². The summed E-state index contributed by atoms with van der Waals surface area (Å²) in [5.41, 5.74) is 3.37. The molecular weight excluding hydrogens is 354 g/mol. The van der Waals surface area contributed by atoms with Gasteiger partial charge in [-0.2, -0.15) is 5.48 Å². The molecule has 1 aliphatic carbocycles. The first-order valence-electron chi connectivity index (χ1n) is 11.9. The summed E-state index contributed by atoms with van der Waals surface area (Å²) in [7, 11) is 1.77. The first kappa shape index (κ1) is 21.0. The van der Waals surface area contributed by atoms with Gasteiger partial charge in [-0.15, -0.1) is 0 Å². The molecule has 162 valence electrons. The molecule has 0 spiro atoms. The number of quaternary nitrogens is 2. The summed E-state index contributed by atoms with van der Waals surface area (Å²) in [5, 5.41) is 9.89. The van der Waals surface area contributed by atoms with Gasteiger partial charge in [-0.25, -0.2) is 0 Å². The highest BCUT2D eigenvalue weighted by Crippen LogP contribution is 2.24. The standard InChI is InChI=1S/C21H41N5O2/c1-27-13-11-23-19-14-17(9-10-22-19)20-24-21(28-25-20)18-8-5-12-26(18)15-16-6-3-2-4-7-16/h16-25H,2-15H2,1H3/p+2. The van der Waals surface area contributed by atoms with Crippen molar-refractivity contribution in [1.82, 2.24) is 16.1 Å². The third-order valence-electron chi connectivity index (χ3n) is 7.57. The van der Waals surface area contributed by atoms with Gasteiger partial charge >= 0.3 is 0 Å². The number of nitrogens with one attached hydrogen (secondary N) is 4. The number of nitrogens with two attached hydrogens (primary N) is 1. The van der Waals surface area contributed by atoms with Gasteiger partial charge in [0.25, 0.3) is 0 Å². The number of ether oxygens (including phenoxy) is 1. The van der Waals surface area contributed by atoms with Crippen LogP contribution >= 0.6 is 0 Å². The Morgan fingerprint density at radius 3 is 2.89 bits per heavy atom. The lowest BCUT2D eigenvalue weighted by Gasteiger charge is -2.32. The number of rotatable bonds is 8. The number of piperidine rings is 1. The predicted molar refractivity (Wildman–Crippen MR) is 108 cm³/mol. The largest absolute Gasteiger partial charge is 0.383 e. The summed E-state index contributed by atoms with van der Waals surface area (Å²) < 4.78 is 5.17. The van der Waals surface area contributed by atoms with Crippen molar-refractivity contribution in [2.45, 2.75) is 82.4 Å². The molecule has 0 amide bonds. The molecule has 0 aromatic heterocycles. The van der Waals surface area contributed by atoms with Crippen LogP contribution in [0.2, 0.25) is 0 Å². The molecule has 0 bridgehead atoms. The van der Waals surface area contributed by atoms with E-state index < -0.39 is 0 Å². The third-order valence-corrected chi connectivity index (χ3v) is 7.57. The Kier molecular flexibility index (Phi) is 7.98. The first-order valence-corrected chi connectivity index (χ1v) is 11.9. The molecule has 4 rings (SSSR count). The molecule has 0 aromatic rings. The van der Waals surface area contributed by atoms with Gasteiger partial charge < -0.3 is 15.0 Å². The molecular formula is C21H43N5O2+2. The summed E-state index contributed by atoms with van der Waals surface area (Å²) in [6.45, 7) is 5.58. The van der Waals surface area contributed by atoms with Gasteiger partial charge in [0.05, 0.1) is 32.4 Å². The minimum absolute atomic E-state index is 0.178. The smallest absolute Gasteiger partial charge is 0.183 e. The molecule has 1 saturated carbocycles. The monoisotopic (exact) mass is 397 g/mol. The molecule has 0 aromatic carbocycles. The van der Waals surface area contributed by atoms with Crippen LogP contribution in [0.1, 0.15) is 57.8 Å². The Bertz CT molecular complexity index is 462. The molecule has 3 aliphatic heterocycles. The van der Waals surface area contributed by atoms with Gasteiger partial charge in [0.2, 0.25) is 0 Å². The van der Waals surface area contributed by atoms with Gasteiger partial charge in [0, 0.05) is 51.2 Å². The maximum atomic E-state index is 6.12. The van der Waals surface area contributed by atoms with Gasteiger partial charge in [-0.3, -0.25) is 15.5 Å².